The zero-order valence-electron chi connectivity index (χ0n) is 9.34. The summed E-state index contributed by atoms with van der Waals surface area (Å²) in [5.41, 5.74) is -0.0735. The van der Waals surface area contributed by atoms with E-state index in [1.807, 2.05) is 0 Å². The van der Waals surface area contributed by atoms with Crippen LogP contribution in [0.3, 0.4) is 0 Å². The largest absolute Gasteiger partial charge is 0.478 e. The minimum absolute atomic E-state index is 0.0255. The SMILES string of the molecule is CCN(C)S(=O)(=O)c1ccc(Br)c(C(=O)O)c1. The Bertz CT molecular complexity index is 541. The molecule has 1 aromatic rings. The van der Waals surface area contributed by atoms with Crippen LogP contribution in [0.15, 0.2) is 27.6 Å². The van der Waals surface area contributed by atoms with Crippen molar-refractivity contribution in [2.24, 2.45) is 0 Å². The molecule has 1 aromatic carbocycles. The van der Waals surface area contributed by atoms with Gasteiger partial charge in [0.25, 0.3) is 0 Å². The molecule has 0 unspecified atom stereocenters. The van der Waals surface area contributed by atoms with E-state index < -0.39 is 16.0 Å². The fraction of sp³-hybridized carbons (Fsp3) is 0.300. The van der Waals surface area contributed by atoms with Crippen LogP contribution in [0.25, 0.3) is 0 Å². The molecule has 0 amide bonds. The highest BCUT2D eigenvalue weighted by Gasteiger charge is 2.21. The number of nitrogens with zero attached hydrogens (tertiary/aromatic N) is 1. The van der Waals surface area contributed by atoms with E-state index in [1.54, 1.807) is 6.92 Å². The predicted molar refractivity (Wildman–Crippen MR) is 66.6 cm³/mol. The summed E-state index contributed by atoms with van der Waals surface area (Å²) in [5.74, 6) is -1.17. The summed E-state index contributed by atoms with van der Waals surface area (Å²) in [6.45, 7) is 2.02. The molecule has 0 fully saturated rings. The Balaban J connectivity index is 3.35. The molecule has 17 heavy (non-hydrogen) atoms. The lowest BCUT2D eigenvalue weighted by molar-refractivity contribution is 0.0695. The van der Waals surface area contributed by atoms with Gasteiger partial charge in [-0.2, -0.15) is 0 Å². The maximum absolute atomic E-state index is 12.0. The fourth-order valence-electron chi connectivity index (χ4n) is 1.18. The van der Waals surface area contributed by atoms with Gasteiger partial charge in [-0.1, -0.05) is 6.92 Å². The Hall–Kier alpha value is -0.920. The molecule has 0 radical (unpaired) electrons. The van der Waals surface area contributed by atoms with E-state index in [1.165, 1.54) is 19.2 Å². The first-order chi connectivity index (χ1) is 7.80. The number of hydrogen-bond acceptors (Lipinski definition) is 3. The topological polar surface area (TPSA) is 74.7 Å². The number of hydrogen-bond donors (Lipinski definition) is 1. The minimum Gasteiger partial charge on any atom is -0.478 e. The van der Waals surface area contributed by atoms with E-state index in [9.17, 15) is 13.2 Å². The molecule has 0 aromatic heterocycles. The Labute approximate surface area is 108 Å². The van der Waals surface area contributed by atoms with Crippen molar-refractivity contribution in [2.45, 2.75) is 11.8 Å². The lowest BCUT2D eigenvalue weighted by atomic mass is 10.2. The third-order valence-corrected chi connectivity index (χ3v) is 4.94. The van der Waals surface area contributed by atoms with Gasteiger partial charge in [0.1, 0.15) is 0 Å². The lowest BCUT2D eigenvalue weighted by Gasteiger charge is -2.15. The first-order valence-electron chi connectivity index (χ1n) is 4.80. The van der Waals surface area contributed by atoms with Gasteiger partial charge in [-0.15, -0.1) is 0 Å². The molecule has 1 N–H and O–H groups in total. The summed E-state index contributed by atoms with van der Waals surface area (Å²) in [6.07, 6.45) is 0. The monoisotopic (exact) mass is 321 g/mol. The molecule has 0 aliphatic rings. The predicted octanol–water partition coefficient (Wildman–Crippen LogP) is 1.79. The van der Waals surface area contributed by atoms with E-state index in [0.29, 0.717) is 11.0 Å². The molecule has 0 aliphatic carbocycles. The molecule has 5 nitrogen and oxygen atoms in total. The van der Waals surface area contributed by atoms with Gasteiger partial charge >= 0.3 is 5.97 Å². The molecule has 0 saturated carbocycles. The van der Waals surface area contributed by atoms with Crippen LogP contribution in [0.1, 0.15) is 17.3 Å². The summed E-state index contributed by atoms with van der Waals surface area (Å²) in [4.78, 5) is 10.9. The van der Waals surface area contributed by atoms with Crippen LogP contribution in [0.2, 0.25) is 0 Å². The van der Waals surface area contributed by atoms with Crippen LogP contribution in [0.4, 0.5) is 0 Å². The maximum Gasteiger partial charge on any atom is 0.336 e. The zero-order valence-corrected chi connectivity index (χ0v) is 11.7. The van der Waals surface area contributed by atoms with Crippen molar-refractivity contribution < 1.29 is 18.3 Å². The normalized spacial score (nSPS) is 11.8. The van der Waals surface area contributed by atoms with E-state index in [2.05, 4.69) is 15.9 Å². The average Bonchev–Trinajstić information content (AvgIpc) is 2.27. The van der Waals surface area contributed by atoms with Crippen molar-refractivity contribution in [1.82, 2.24) is 4.31 Å². The Kier molecular flexibility index (Phi) is 4.29. The molecular weight excluding hydrogens is 310 g/mol. The number of sulfonamides is 1. The molecule has 0 atom stereocenters. The second-order valence-electron chi connectivity index (χ2n) is 3.37. The van der Waals surface area contributed by atoms with Crippen LogP contribution in [0, 0.1) is 0 Å². The molecule has 0 heterocycles. The number of carboxylic acid groups (broad SMARTS) is 1. The van der Waals surface area contributed by atoms with Crippen LogP contribution in [-0.2, 0) is 10.0 Å². The smallest absolute Gasteiger partial charge is 0.336 e. The standard InChI is InChI=1S/C10H12BrNO4S/c1-3-12(2)17(15,16)7-4-5-9(11)8(6-7)10(13)14/h4-6H,3H2,1-2H3,(H,13,14). The summed E-state index contributed by atoms with van der Waals surface area (Å²) >= 11 is 3.06. The summed E-state index contributed by atoms with van der Waals surface area (Å²) in [7, 11) is -2.17. The van der Waals surface area contributed by atoms with Crippen LogP contribution >= 0.6 is 15.9 Å². The van der Waals surface area contributed by atoms with Gasteiger partial charge in [-0.25, -0.2) is 17.5 Å². The fourth-order valence-corrected chi connectivity index (χ4v) is 2.80. The average molecular weight is 322 g/mol. The first kappa shape index (κ1) is 14.1. The highest BCUT2D eigenvalue weighted by molar-refractivity contribution is 9.10. The van der Waals surface area contributed by atoms with Gasteiger partial charge in [-0.05, 0) is 34.1 Å². The summed E-state index contributed by atoms with van der Waals surface area (Å²) in [5, 5.41) is 8.91. The quantitative estimate of drug-likeness (QED) is 0.917. The van der Waals surface area contributed by atoms with Gasteiger partial charge in [0.05, 0.1) is 10.5 Å². The van der Waals surface area contributed by atoms with E-state index in [-0.39, 0.29) is 10.5 Å². The van der Waals surface area contributed by atoms with Crippen molar-refractivity contribution >= 4 is 31.9 Å². The highest BCUT2D eigenvalue weighted by Crippen LogP contribution is 2.22. The lowest BCUT2D eigenvalue weighted by Crippen LogP contribution is -2.26. The number of carboxylic acids is 1. The number of carbonyl (C=O) groups is 1. The number of rotatable bonds is 4. The third kappa shape index (κ3) is 2.85. The molecule has 7 heteroatoms. The van der Waals surface area contributed by atoms with E-state index >= 15 is 0 Å². The third-order valence-electron chi connectivity index (χ3n) is 2.32. The number of aromatic carboxylic acids is 1. The van der Waals surface area contributed by atoms with Gasteiger partial charge < -0.3 is 5.11 Å². The minimum atomic E-state index is -3.61. The zero-order chi connectivity index (χ0) is 13.2. The molecular formula is C10H12BrNO4S. The van der Waals surface area contributed by atoms with Crippen LogP contribution in [-0.4, -0.2) is 37.4 Å². The molecule has 1 rings (SSSR count). The van der Waals surface area contributed by atoms with Crippen molar-refractivity contribution in [3.63, 3.8) is 0 Å². The van der Waals surface area contributed by atoms with Gasteiger partial charge in [-0.3, -0.25) is 0 Å². The Morgan fingerprint density at radius 1 is 1.47 bits per heavy atom. The van der Waals surface area contributed by atoms with E-state index in [0.717, 1.165) is 10.4 Å². The summed E-state index contributed by atoms with van der Waals surface area (Å²) < 4.78 is 25.4. The van der Waals surface area contributed by atoms with Gasteiger partial charge in [0.2, 0.25) is 10.0 Å². The van der Waals surface area contributed by atoms with Gasteiger partial charge in [0, 0.05) is 18.1 Å². The number of halogens is 1. The van der Waals surface area contributed by atoms with Crippen LogP contribution < -0.4 is 0 Å². The van der Waals surface area contributed by atoms with Gasteiger partial charge in [0.15, 0.2) is 0 Å². The van der Waals surface area contributed by atoms with Crippen molar-refractivity contribution in [3.05, 3.63) is 28.2 Å². The Morgan fingerprint density at radius 3 is 2.53 bits per heavy atom. The molecule has 94 valence electrons. The second kappa shape index (κ2) is 5.16. The van der Waals surface area contributed by atoms with Crippen molar-refractivity contribution in [3.8, 4) is 0 Å². The second-order valence-corrected chi connectivity index (χ2v) is 6.27. The maximum atomic E-state index is 12.0. The highest BCUT2D eigenvalue weighted by atomic mass is 79.9. The molecule has 0 aliphatic heterocycles. The van der Waals surface area contributed by atoms with Crippen molar-refractivity contribution in [1.29, 1.82) is 0 Å². The van der Waals surface area contributed by atoms with Crippen molar-refractivity contribution in [2.75, 3.05) is 13.6 Å². The molecule has 0 spiro atoms. The van der Waals surface area contributed by atoms with E-state index in [4.69, 9.17) is 5.11 Å². The molecule has 0 saturated heterocycles. The summed E-state index contributed by atoms with van der Waals surface area (Å²) in [6, 6.07) is 3.94. The van der Waals surface area contributed by atoms with Crippen LogP contribution in [0.5, 0.6) is 0 Å². The Morgan fingerprint density at radius 2 is 2.06 bits per heavy atom. The first-order valence-corrected chi connectivity index (χ1v) is 7.03. The number of benzene rings is 1. The molecule has 0 bridgehead atoms.